The lowest BCUT2D eigenvalue weighted by molar-refractivity contribution is 0.0951. The molecule has 2 rings (SSSR count). The summed E-state index contributed by atoms with van der Waals surface area (Å²) in [5.41, 5.74) is 7.71. The van der Waals surface area contributed by atoms with Crippen molar-refractivity contribution in [3.63, 3.8) is 0 Å². The molecule has 0 saturated carbocycles. The molecule has 0 saturated heterocycles. The number of thiazole rings is 1. The van der Waals surface area contributed by atoms with Gasteiger partial charge in [0, 0.05) is 30.1 Å². The van der Waals surface area contributed by atoms with E-state index in [0.717, 1.165) is 10.7 Å². The zero-order chi connectivity index (χ0) is 14.5. The van der Waals surface area contributed by atoms with Crippen molar-refractivity contribution in [1.82, 2.24) is 10.3 Å². The SMILES string of the molecule is COc1cc(N)ccc1C(=O)NCCc1csc(C)n1. The van der Waals surface area contributed by atoms with E-state index in [0.29, 0.717) is 30.0 Å². The van der Waals surface area contributed by atoms with E-state index in [1.807, 2.05) is 12.3 Å². The van der Waals surface area contributed by atoms with Gasteiger partial charge < -0.3 is 15.8 Å². The molecule has 20 heavy (non-hydrogen) atoms. The first-order chi connectivity index (χ1) is 9.60. The summed E-state index contributed by atoms with van der Waals surface area (Å²) in [4.78, 5) is 16.4. The van der Waals surface area contributed by atoms with Gasteiger partial charge in [-0.1, -0.05) is 0 Å². The van der Waals surface area contributed by atoms with Crippen LogP contribution in [0.3, 0.4) is 0 Å². The van der Waals surface area contributed by atoms with Crippen molar-refractivity contribution in [3.8, 4) is 5.75 Å². The summed E-state index contributed by atoms with van der Waals surface area (Å²) in [6.45, 7) is 2.50. The van der Waals surface area contributed by atoms with Crippen LogP contribution in [0, 0.1) is 6.92 Å². The Morgan fingerprint density at radius 1 is 1.50 bits per heavy atom. The van der Waals surface area contributed by atoms with Gasteiger partial charge in [0.15, 0.2) is 0 Å². The van der Waals surface area contributed by atoms with Crippen LogP contribution in [-0.2, 0) is 6.42 Å². The Kier molecular flexibility index (Phi) is 4.57. The Bertz CT molecular complexity index is 610. The highest BCUT2D eigenvalue weighted by molar-refractivity contribution is 7.09. The number of rotatable bonds is 5. The number of amides is 1. The molecule has 0 atom stereocenters. The largest absolute Gasteiger partial charge is 0.496 e. The Morgan fingerprint density at radius 2 is 2.30 bits per heavy atom. The van der Waals surface area contributed by atoms with Gasteiger partial charge in [-0.25, -0.2) is 4.98 Å². The maximum atomic E-state index is 12.1. The highest BCUT2D eigenvalue weighted by atomic mass is 32.1. The van der Waals surface area contributed by atoms with Gasteiger partial charge in [0.05, 0.1) is 23.4 Å². The molecule has 106 valence electrons. The lowest BCUT2D eigenvalue weighted by Gasteiger charge is -2.09. The van der Waals surface area contributed by atoms with Gasteiger partial charge in [0.2, 0.25) is 0 Å². The molecule has 0 bridgehead atoms. The Hall–Kier alpha value is -2.08. The predicted molar refractivity (Wildman–Crippen MR) is 80.3 cm³/mol. The number of methoxy groups -OCH3 is 1. The molecule has 0 radical (unpaired) electrons. The number of anilines is 1. The van der Waals surface area contributed by atoms with Crippen molar-refractivity contribution >= 4 is 22.9 Å². The van der Waals surface area contributed by atoms with Crippen LogP contribution in [0.25, 0.3) is 0 Å². The summed E-state index contributed by atoms with van der Waals surface area (Å²) in [6, 6.07) is 4.98. The lowest BCUT2D eigenvalue weighted by Crippen LogP contribution is -2.26. The lowest BCUT2D eigenvalue weighted by atomic mass is 10.1. The van der Waals surface area contributed by atoms with Crippen molar-refractivity contribution in [2.75, 3.05) is 19.4 Å². The highest BCUT2D eigenvalue weighted by Gasteiger charge is 2.12. The van der Waals surface area contributed by atoms with Gasteiger partial charge >= 0.3 is 0 Å². The second-order valence-electron chi connectivity index (χ2n) is 4.32. The smallest absolute Gasteiger partial charge is 0.255 e. The van der Waals surface area contributed by atoms with Gasteiger partial charge in [-0.05, 0) is 19.1 Å². The number of nitrogens with zero attached hydrogens (tertiary/aromatic N) is 1. The number of hydrogen-bond acceptors (Lipinski definition) is 5. The van der Waals surface area contributed by atoms with Gasteiger partial charge in [0.1, 0.15) is 5.75 Å². The maximum Gasteiger partial charge on any atom is 0.255 e. The first-order valence-corrected chi connectivity index (χ1v) is 7.11. The number of benzene rings is 1. The number of ether oxygens (including phenoxy) is 1. The zero-order valence-electron chi connectivity index (χ0n) is 11.5. The number of carbonyl (C=O) groups excluding carboxylic acids is 1. The number of hydrogen-bond donors (Lipinski definition) is 2. The Labute approximate surface area is 121 Å². The minimum absolute atomic E-state index is 0.172. The maximum absolute atomic E-state index is 12.1. The molecule has 0 aliphatic heterocycles. The van der Waals surface area contributed by atoms with Crippen LogP contribution in [0.1, 0.15) is 21.1 Å². The minimum atomic E-state index is -0.172. The number of carbonyl (C=O) groups is 1. The molecule has 1 aromatic carbocycles. The summed E-state index contributed by atoms with van der Waals surface area (Å²) in [7, 11) is 1.52. The number of nitrogen functional groups attached to an aromatic ring is 1. The zero-order valence-corrected chi connectivity index (χ0v) is 12.3. The van der Waals surface area contributed by atoms with E-state index < -0.39 is 0 Å². The topological polar surface area (TPSA) is 77.2 Å². The molecule has 0 fully saturated rings. The van der Waals surface area contributed by atoms with E-state index in [9.17, 15) is 4.79 Å². The quantitative estimate of drug-likeness (QED) is 0.826. The van der Waals surface area contributed by atoms with E-state index in [1.165, 1.54) is 7.11 Å². The van der Waals surface area contributed by atoms with Crippen molar-refractivity contribution < 1.29 is 9.53 Å². The van der Waals surface area contributed by atoms with Crippen molar-refractivity contribution in [3.05, 3.63) is 39.8 Å². The molecule has 6 heteroatoms. The molecule has 1 amide bonds. The molecule has 1 aromatic heterocycles. The molecule has 1 heterocycles. The van der Waals surface area contributed by atoms with Crippen molar-refractivity contribution in [1.29, 1.82) is 0 Å². The van der Waals surface area contributed by atoms with Crippen LogP contribution in [0.2, 0.25) is 0 Å². The molecular formula is C14H17N3O2S. The molecule has 0 unspecified atom stereocenters. The summed E-state index contributed by atoms with van der Waals surface area (Å²) in [5, 5.41) is 5.89. The molecular weight excluding hydrogens is 274 g/mol. The third kappa shape index (κ3) is 3.48. The Morgan fingerprint density at radius 3 is 2.95 bits per heavy atom. The highest BCUT2D eigenvalue weighted by Crippen LogP contribution is 2.21. The standard InChI is InChI=1S/C14H17N3O2S/c1-9-17-11(8-20-9)5-6-16-14(18)12-4-3-10(15)7-13(12)19-2/h3-4,7-8H,5-6,15H2,1-2H3,(H,16,18). The van der Waals surface area contributed by atoms with E-state index in [-0.39, 0.29) is 5.91 Å². The van der Waals surface area contributed by atoms with Gasteiger partial charge in [0.25, 0.3) is 5.91 Å². The molecule has 0 aliphatic carbocycles. The average Bonchev–Trinajstić information content (AvgIpc) is 2.84. The average molecular weight is 291 g/mol. The second-order valence-corrected chi connectivity index (χ2v) is 5.39. The van der Waals surface area contributed by atoms with Crippen LogP contribution in [0.15, 0.2) is 23.6 Å². The fourth-order valence-electron chi connectivity index (χ4n) is 1.82. The molecule has 3 N–H and O–H groups in total. The minimum Gasteiger partial charge on any atom is -0.496 e. The fourth-order valence-corrected chi connectivity index (χ4v) is 2.46. The van der Waals surface area contributed by atoms with Crippen LogP contribution in [-0.4, -0.2) is 24.5 Å². The second kappa shape index (κ2) is 6.38. The summed E-state index contributed by atoms with van der Waals surface area (Å²) in [5.74, 6) is 0.306. The van der Waals surface area contributed by atoms with Crippen LogP contribution in [0.4, 0.5) is 5.69 Å². The third-order valence-corrected chi connectivity index (χ3v) is 3.63. The monoisotopic (exact) mass is 291 g/mol. The van der Waals surface area contributed by atoms with E-state index >= 15 is 0 Å². The van der Waals surface area contributed by atoms with Crippen molar-refractivity contribution in [2.45, 2.75) is 13.3 Å². The Balaban J connectivity index is 1.95. The van der Waals surface area contributed by atoms with Crippen LogP contribution < -0.4 is 15.8 Å². The molecule has 0 spiro atoms. The third-order valence-electron chi connectivity index (χ3n) is 2.80. The number of aromatic nitrogens is 1. The van der Waals surface area contributed by atoms with Gasteiger partial charge in [-0.3, -0.25) is 4.79 Å². The molecule has 2 aromatic rings. The van der Waals surface area contributed by atoms with Crippen molar-refractivity contribution in [2.24, 2.45) is 0 Å². The predicted octanol–water partition coefficient (Wildman–Crippen LogP) is 2.01. The summed E-state index contributed by atoms with van der Waals surface area (Å²) in [6.07, 6.45) is 0.716. The molecule has 5 nitrogen and oxygen atoms in total. The first-order valence-electron chi connectivity index (χ1n) is 6.23. The van der Waals surface area contributed by atoms with E-state index in [2.05, 4.69) is 10.3 Å². The van der Waals surface area contributed by atoms with Gasteiger partial charge in [-0.2, -0.15) is 0 Å². The van der Waals surface area contributed by atoms with E-state index in [4.69, 9.17) is 10.5 Å². The van der Waals surface area contributed by atoms with E-state index in [1.54, 1.807) is 29.5 Å². The van der Waals surface area contributed by atoms with Crippen LogP contribution in [0.5, 0.6) is 5.75 Å². The van der Waals surface area contributed by atoms with Crippen LogP contribution >= 0.6 is 11.3 Å². The normalized spacial score (nSPS) is 10.3. The summed E-state index contributed by atoms with van der Waals surface area (Å²) >= 11 is 1.61. The molecule has 0 aliphatic rings. The first kappa shape index (κ1) is 14.3. The fraction of sp³-hybridized carbons (Fsp3) is 0.286. The number of nitrogens with two attached hydrogens (primary N) is 1. The number of aryl methyl sites for hydroxylation is 1. The summed E-state index contributed by atoms with van der Waals surface area (Å²) < 4.78 is 5.16. The van der Waals surface area contributed by atoms with Gasteiger partial charge in [-0.15, -0.1) is 11.3 Å². The number of nitrogens with one attached hydrogen (secondary N) is 1.